The third-order valence-corrected chi connectivity index (χ3v) is 3.92. The van der Waals surface area contributed by atoms with Gasteiger partial charge in [0.05, 0.1) is 11.4 Å². The molecule has 122 valence electrons. The van der Waals surface area contributed by atoms with E-state index in [0.717, 1.165) is 16.8 Å². The SMILES string of the molecule is Cc1cccc(-n2ccc3nc(C=Cc4cccnc4)cc(=O)n32)c1. The summed E-state index contributed by atoms with van der Waals surface area (Å²) >= 11 is 0. The van der Waals surface area contributed by atoms with Crippen LogP contribution in [0.25, 0.3) is 23.5 Å². The summed E-state index contributed by atoms with van der Waals surface area (Å²) in [6, 6.07) is 15.2. The second-order valence-corrected chi connectivity index (χ2v) is 5.81. The van der Waals surface area contributed by atoms with Gasteiger partial charge in [-0.05, 0) is 42.3 Å². The largest absolute Gasteiger partial charge is 0.273 e. The Balaban J connectivity index is 1.77. The summed E-state index contributed by atoms with van der Waals surface area (Å²) in [6.45, 7) is 2.03. The van der Waals surface area contributed by atoms with Gasteiger partial charge in [0.1, 0.15) is 0 Å². The number of aromatic nitrogens is 4. The van der Waals surface area contributed by atoms with Gasteiger partial charge < -0.3 is 0 Å². The maximum Gasteiger partial charge on any atom is 0.273 e. The van der Waals surface area contributed by atoms with Crippen molar-refractivity contribution in [2.24, 2.45) is 0 Å². The van der Waals surface area contributed by atoms with Crippen LogP contribution in [0.3, 0.4) is 0 Å². The van der Waals surface area contributed by atoms with Crippen LogP contribution in [0, 0.1) is 6.92 Å². The first kappa shape index (κ1) is 15.1. The van der Waals surface area contributed by atoms with Gasteiger partial charge in [-0.2, -0.15) is 4.52 Å². The Bertz CT molecular complexity index is 1120. The van der Waals surface area contributed by atoms with E-state index in [2.05, 4.69) is 9.97 Å². The molecule has 0 saturated carbocycles. The van der Waals surface area contributed by atoms with Gasteiger partial charge in [0.2, 0.25) is 0 Å². The van der Waals surface area contributed by atoms with Crippen LogP contribution < -0.4 is 5.56 Å². The second-order valence-electron chi connectivity index (χ2n) is 5.81. The Morgan fingerprint density at radius 2 is 1.96 bits per heavy atom. The first-order chi connectivity index (χ1) is 12.2. The van der Waals surface area contributed by atoms with Crippen LogP contribution in [-0.2, 0) is 0 Å². The summed E-state index contributed by atoms with van der Waals surface area (Å²) in [6.07, 6.45) is 9.05. The van der Waals surface area contributed by atoms with E-state index >= 15 is 0 Å². The molecule has 5 heteroatoms. The Kier molecular flexibility index (Phi) is 3.74. The molecule has 0 fully saturated rings. The Morgan fingerprint density at radius 3 is 2.76 bits per heavy atom. The molecule has 0 aliphatic carbocycles. The molecular formula is C20H16N4O. The third kappa shape index (κ3) is 2.99. The molecule has 0 aliphatic rings. The zero-order chi connectivity index (χ0) is 17.2. The van der Waals surface area contributed by atoms with Crippen LogP contribution in [0.2, 0.25) is 0 Å². The van der Waals surface area contributed by atoms with Crippen LogP contribution in [0.4, 0.5) is 0 Å². The highest BCUT2D eigenvalue weighted by molar-refractivity contribution is 5.68. The van der Waals surface area contributed by atoms with Gasteiger partial charge in [-0.15, -0.1) is 0 Å². The fourth-order valence-electron chi connectivity index (χ4n) is 2.75. The van der Waals surface area contributed by atoms with E-state index in [1.54, 1.807) is 16.9 Å². The minimum absolute atomic E-state index is 0.123. The third-order valence-electron chi connectivity index (χ3n) is 3.92. The zero-order valence-corrected chi connectivity index (χ0v) is 13.7. The van der Waals surface area contributed by atoms with Crippen molar-refractivity contribution in [2.75, 3.05) is 0 Å². The molecule has 4 aromatic rings. The molecule has 5 nitrogen and oxygen atoms in total. The highest BCUT2D eigenvalue weighted by Gasteiger charge is 2.07. The standard InChI is InChI=1S/C20H16N4O/c1-15-4-2-6-18(12-15)23-11-9-19-22-17(13-20(25)24(19)23)8-7-16-5-3-10-21-14-16/h2-14H,1H3. The van der Waals surface area contributed by atoms with Crippen LogP contribution in [0.15, 0.2) is 71.9 Å². The minimum atomic E-state index is -0.123. The number of aryl methyl sites for hydroxylation is 1. The van der Waals surface area contributed by atoms with Gasteiger partial charge in [0, 0.05) is 30.7 Å². The van der Waals surface area contributed by atoms with E-state index in [4.69, 9.17) is 0 Å². The van der Waals surface area contributed by atoms with Gasteiger partial charge in [-0.3, -0.25) is 14.5 Å². The number of hydrogen-bond acceptors (Lipinski definition) is 3. The summed E-state index contributed by atoms with van der Waals surface area (Å²) in [7, 11) is 0. The predicted octanol–water partition coefficient (Wildman–Crippen LogP) is 3.36. The van der Waals surface area contributed by atoms with Gasteiger partial charge in [-0.1, -0.05) is 24.3 Å². The number of benzene rings is 1. The van der Waals surface area contributed by atoms with Gasteiger partial charge in [0.15, 0.2) is 5.65 Å². The van der Waals surface area contributed by atoms with Crippen molar-refractivity contribution in [1.82, 2.24) is 19.2 Å². The molecule has 0 N–H and O–H groups in total. The van der Waals surface area contributed by atoms with Crippen molar-refractivity contribution < 1.29 is 0 Å². The van der Waals surface area contributed by atoms with E-state index < -0.39 is 0 Å². The minimum Gasteiger partial charge on any atom is -0.267 e. The van der Waals surface area contributed by atoms with Gasteiger partial charge in [-0.25, -0.2) is 4.98 Å². The van der Waals surface area contributed by atoms with Crippen molar-refractivity contribution in [1.29, 1.82) is 0 Å². The van der Waals surface area contributed by atoms with E-state index in [9.17, 15) is 4.79 Å². The molecule has 3 aromatic heterocycles. The Labute approximate surface area is 144 Å². The molecule has 0 spiro atoms. The molecule has 0 radical (unpaired) electrons. The predicted molar refractivity (Wildman–Crippen MR) is 98.7 cm³/mol. The smallest absolute Gasteiger partial charge is 0.267 e. The lowest BCUT2D eigenvalue weighted by Crippen LogP contribution is -2.20. The van der Waals surface area contributed by atoms with Gasteiger partial charge in [0.25, 0.3) is 5.56 Å². The molecule has 0 bridgehead atoms. The average Bonchev–Trinajstić information content (AvgIpc) is 3.05. The topological polar surface area (TPSA) is 52.2 Å². The molecule has 1 aromatic carbocycles. The fourth-order valence-corrected chi connectivity index (χ4v) is 2.75. The van der Waals surface area contributed by atoms with Crippen molar-refractivity contribution in [2.45, 2.75) is 6.92 Å². The molecule has 0 saturated heterocycles. The van der Waals surface area contributed by atoms with Crippen molar-refractivity contribution in [3.8, 4) is 5.69 Å². The summed E-state index contributed by atoms with van der Waals surface area (Å²) in [4.78, 5) is 21.2. The number of hydrogen-bond donors (Lipinski definition) is 0. The highest BCUT2D eigenvalue weighted by atomic mass is 16.1. The number of nitrogens with zero attached hydrogens (tertiary/aromatic N) is 4. The maximum absolute atomic E-state index is 12.6. The first-order valence-electron chi connectivity index (χ1n) is 7.97. The van der Waals surface area contributed by atoms with E-state index in [0.29, 0.717) is 11.3 Å². The lowest BCUT2D eigenvalue weighted by Gasteiger charge is -2.07. The number of pyridine rings is 1. The normalized spacial score (nSPS) is 11.4. The molecule has 25 heavy (non-hydrogen) atoms. The summed E-state index contributed by atoms with van der Waals surface area (Å²) < 4.78 is 3.38. The summed E-state index contributed by atoms with van der Waals surface area (Å²) in [5, 5.41) is 0. The first-order valence-corrected chi connectivity index (χ1v) is 7.97. The Morgan fingerprint density at radius 1 is 1.04 bits per heavy atom. The summed E-state index contributed by atoms with van der Waals surface area (Å²) in [5.74, 6) is 0. The zero-order valence-electron chi connectivity index (χ0n) is 13.7. The average molecular weight is 328 g/mol. The Hall–Kier alpha value is -3.47. The van der Waals surface area contributed by atoms with E-state index in [1.165, 1.54) is 6.07 Å². The quantitative estimate of drug-likeness (QED) is 0.579. The maximum atomic E-state index is 12.6. The van der Waals surface area contributed by atoms with Crippen LogP contribution in [-0.4, -0.2) is 19.2 Å². The molecule has 0 atom stereocenters. The van der Waals surface area contributed by atoms with Crippen LogP contribution >= 0.6 is 0 Å². The number of rotatable bonds is 3. The molecule has 0 unspecified atom stereocenters. The second kappa shape index (κ2) is 6.20. The highest BCUT2D eigenvalue weighted by Crippen LogP contribution is 2.12. The van der Waals surface area contributed by atoms with Gasteiger partial charge >= 0.3 is 0 Å². The molecule has 0 aliphatic heterocycles. The van der Waals surface area contributed by atoms with E-state index in [1.807, 2.05) is 72.4 Å². The lowest BCUT2D eigenvalue weighted by molar-refractivity contribution is 0.762. The van der Waals surface area contributed by atoms with Crippen LogP contribution in [0.5, 0.6) is 0 Å². The van der Waals surface area contributed by atoms with E-state index in [-0.39, 0.29) is 5.56 Å². The van der Waals surface area contributed by atoms with Crippen LogP contribution in [0.1, 0.15) is 16.8 Å². The van der Waals surface area contributed by atoms with Crippen molar-refractivity contribution in [3.05, 3.63) is 94.3 Å². The lowest BCUT2D eigenvalue weighted by atomic mass is 10.2. The molecule has 0 amide bonds. The molecule has 4 rings (SSSR count). The molecular weight excluding hydrogens is 312 g/mol. The number of fused-ring (bicyclic) bond motifs is 1. The molecule has 3 heterocycles. The van der Waals surface area contributed by atoms with Crippen molar-refractivity contribution >= 4 is 17.8 Å². The summed E-state index contributed by atoms with van der Waals surface area (Å²) in [5.41, 5.74) is 4.13. The monoisotopic (exact) mass is 328 g/mol. The fraction of sp³-hybridized carbons (Fsp3) is 0.0500. The van der Waals surface area contributed by atoms with Crippen molar-refractivity contribution in [3.63, 3.8) is 0 Å².